The Hall–Kier alpha value is -1.88. The number of methoxy groups -OCH3 is 2. The molecule has 0 saturated heterocycles. The molecule has 0 heterocycles. The number of rotatable bonds is 8. The van der Waals surface area contributed by atoms with Crippen molar-refractivity contribution in [3.63, 3.8) is 0 Å². The molecular formula is C18H26O4Si. The van der Waals surface area contributed by atoms with Gasteiger partial charge in [0.1, 0.15) is 0 Å². The van der Waals surface area contributed by atoms with Gasteiger partial charge in [-0.05, 0) is 18.4 Å². The molecule has 23 heavy (non-hydrogen) atoms. The minimum absolute atomic E-state index is 0.252. The van der Waals surface area contributed by atoms with Crippen LogP contribution in [0.4, 0.5) is 0 Å². The van der Waals surface area contributed by atoms with Crippen molar-refractivity contribution in [2.45, 2.75) is 31.5 Å². The SMILES string of the molecule is C=CC(CCC(C(=O)OC)C(=O)OC)[Si](C)(C)c1ccccc1. The molecule has 0 fully saturated rings. The fourth-order valence-electron chi connectivity index (χ4n) is 2.82. The highest BCUT2D eigenvalue weighted by Gasteiger charge is 2.35. The first kappa shape index (κ1) is 19.2. The third-order valence-electron chi connectivity index (χ3n) is 4.47. The summed E-state index contributed by atoms with van der Waals surface area (Å²) in [6, 6.07) is 10.4. The van der Waals surface area contributed by atoms with Gasteiger partial charge in [-0.2, -0.15) is 0 Å². The second-order valence-corrected chi connectivity index (χ2v) is 10.9. The molecule has 0 N–H and O–H groups in total. The maximum Gasteiger partial charge on any atom is 0.320 e. The Balaban J connectivity index is 2.88. The van der Waals surface area contributed by atoms with Crippen LogP contribution in [0.3, 0.4) is 0 Å². The Morgan fingerprint density at radius 2 is 1.61 bits per heavy atom. The third kappa shape index (κ3) is 4.79. The van der Waals surface area contributed by atoms with E-state index in [0.29, 0.717) is 12.8 Å². The first-order valence-corrected chi connectivity index (χ1v) is 10.8. The number of allylic oxidation sites excluding steroid dienone is 1. The molecule has 4 nitrogen and oxygen atoms in total. The summed E-state index contributed by atoms with van der Waals surface area (Å²) in [7, 11) is 0.779. The second-order valence-electron chi connectivity index (χ2n) is 6.11. The minimum atomic E-state index is -1.79. The molecule has 5 heteroatoms. The molecule has 1 rings (SSSR count). The molecule has 1 aromatic rings. The van der Waals surface area contributed by atoms with Crippen molar-refractivity contribution in [2.24, 2.45) is 5.92 Å². The van der Waals surface area contributed by atoms with Crippen molar-refractivity contribution in [3.05, 3.63) is 43.0 Å². The first-order valence-electron chi connectivity index (χ1n) is 7.72. The molecule has 126 valence electrons. The van der Waals surface area contributed by atoms with E-state index >= 15 is 0 Å². The third-order valence-corrected chi connectivity index (χ3v) is 8.67. The highest BCUT2D eigenvalue weighted by Crippen LogP contribution is 2.30. The molecule has 1 aromatic carbocycles. The van der Waals surface area contributed by atoms with Crippen molar-refractivity contribution in [1.29, 1.82) is 0 Å². The lowest BCUT2D eigenvalue weighted by Crippen LogP contribution is -2.45. The zero-order valence-electron chi connectivity index (χ0n) is 14.4. The summed E-state index contributed by atoms with van der Waals surface area (Å²) >= 11 is 0. The van der Waals surface area contributed by atoms with E-state index in [-0.39, 0.29) is 5.54 Å². The van der Waals surface area contributed by atoms with Gasteiger partial charge in [-0.15, -0.1) is 6.58 Å². The molecule has 1 unspecified atom stereocenters. The molecule has 1 atom stereocenters. The topological polar surface area (TPSA) is 52.6 Å². The van der Waals surface area contributed by atoms with Crippen LogP contribution >= 0.6 is 0 Å². The molecule has 0 spiro atoms. The Kier molecular flexibility index (Phi) is 7.23. The molecule has 0 aromatic heterocycles. The predicted molar refractivity (Wildman–Crippen MR) is 94.3 cm³/mol. The van der Waals surface area contributed by atoms with Crippen LogP contribution in [0.5, 0.6) is 0 Å². The summed E-state index contributed by atoms with van der Waals surface area (Å²) in [5, 5.41) is 1.33. The highest BCUT2D eigenvalue weighted by atomic mass is 28.3. The molecule has 0 aliphatic carbocycles. The molecule has 0 amide bonds. The average Bonchev–Trinajstić information content (AvgIpc) is 2.58. The van der Waals surface area contributed by atoms with Gasteiger partial charge >= 0.3 is 11.9 Å². The van der Waals surface area contributed by atoms with Crippen LogP contribution in [0.25, 0.3) is 0 Å². The maximum atomic E-state index is 11.8. The lowest BCUT2D eigenvalue weighted by Gasteiger charge is -2.31. The number of ether oxygens (including phenoxy) is 2. The predicted octanol–water partition coefficient (Wildman–Crippen LogP) is 2.90. The van der Waals surface area contributed by atoms with Gasteiger partial charge in [0.2, 0.25) is 0 Å². The monoisotopic (exact) mass is 334 g/mol. The number of carbonyl (C=O) groups excluding carboxylic acids is 2. The van der Waals surface area contributed by atoms with Gasteiger partial charge in [0.05, 0.1) is 22.3 Å². The zero-order valence-corrected chi connectivity index (χ0v) is 15.4. The van der Waals surface area contributed by atoms with Gasteiger partial charge in [0.15, 0.2) is 5.92 Å². The van der Waals surface area contributed by atoms with Gasteiger partial charge in [-0.1, -0.05) is 54.7 Å². The highest BCUT2D eigenvalue weighted by molar-refractivity contribution is 6.91. The van der Waals surface area contributed by atoms with E-state index in [2.05, 4.69) is 31.8 Å². The quantitative estimate of drug-likeness (QED) is 0.317. The average molecular weight is 334 g/mol. The summed E-state index contributed by atoms with van der Waals surface area (Å²) in [4.78, 5) is 23.6. The summed E-state index contributed by atoms with van der Waals surface area (Å²) in [5.74, 6) is -1.95. The smallest absolute Gasteiger partial charge is 0.320 e. The van der Waals surface area contributed by atoms with E-state index < -0.39 is 25.9 Å². The molecule has 0 radical (unpaired) electrons. The zero-order chi connectivity index (χ0) is 17.5. The Bertz CT molecular complexity index is 523. The Morgan fingerprint density at radius 1 is 1.09 bits per heavy atom. The van der Waals surface area contributed by atoms with Crippen LogP contribution in [-0.4, -0.2) is 34.2 Å². The van der Waals surface area contributed by atoms with Crippen molar-refractivity contribution in [2.75, 3.05) is 14.2 Å². The summed E-state index contributed by atoms with van der Waals surface area (Å²) in [6.07, 6.45) is 3.05. The molecule has 0 aliphatic rings. The van der Waals surface area contributed by atoms with Gasteiger partial charge < -0.3 is 9.47 Å². The van der Waals surface area contributed by atoms with Crippen LogP contribution in [0.2, 0.25) is 18.6 Å². The van der Waals surface area contributed by atoms with Crippen LogP contribution in [0.1, 0.15) is 12.8 Å². The van der Waals surface area contributed by atoms with E-state index in [0.717, 1.165) is 0 Å². The molecule has 0 aliphatic heterocycles. The van der Waals surface area contributed by atoms with Crippen LogP contribution in [0.15, 0.2) is 43.0 Å². The van der Waals surface area contributed by atoms with E-state index in [1.54, 1.807) is 0 Å². The number of esters is 2. The van der Waals surface area contributed by atoms with Gasteiger partial charge in [0, 0.05) is 0 Å². The summed E-state index contributed by atoms with van der Waals surface area (Å²) in [5.41, 5.74) is 0.252. The first-order chi connectivity index (χ1) is 10.9. The number of hydrogen-bond donors (Lipinski definition) is 0. The lowest BCUT2D eigenvalue weighted by atomic mass is 10.0. The molecule has 0 saturated carbocycles. The molecular weight excluding hydrogens is 308 g/mol. The van der Waals surface area contributed by atoms with Gasteiger partial charge in [-0.3, -0.25) is 9.59 Å². The standard InChI is InChI=1S/C18H26O4Si/c1-6-14(23(4,5)15-10-8-7-9-11-15)12-13-16(17(19)21-2)18(20)22-3/h6-11,14,16H,1,12-13H2,2-5H3. The maximum absolute atomic E-state index is 11.8. The fraction of sp³-hybridized carbons (Fsp3) is 0.444. The number of carbonyl (C=O) groups is 2. The van der Waals surface area contributed by atoms with Crippen molar-refractivity contribution >= 4 is 25.2 Å². The Labute approximate surface area is 139 Å². The van der Waals surface area contributed by atoms with E-state index in [1.807, 2.05) is 24.3 Å². The van der Waals surface area contributed by atoms with E-state index in [4.69, 9.17) is 9.47 Å². The van der Waals surface area contributed by atoms with E-state index in [9.17, 15) is 9.59 Å². The second kappa shape index (κ2) is 8.67. The van der Waals surface area contributed by atoms with Gasteiger partial charge in [0.25, 0.3) is 0 Å². The van der Waals surface area contributed by atoms with Crippen molar-refractivity contribution in [3.8, 4) is 0 Å². The normalized spacial score (nSPS) is 12.6. The summed E-state index contributed by atoms with van der Waals surface area (Å²) < 4.78 is 9.43. The van der Waals surface area contributed by atoms with Crippen LogP contribution < -0.4 is 5.19 Å². The fourth-order valence-corrected chi connectivity index (χ4v) is 5.78. The van der Waals surface area contributed by atoms with E-state index in [1.165, 1.54) is 19.4 Å². The largest absolute Gasteiger partial charge is 0.468 e. The minimum Gasteiger partial charge on any atom is -0.468 e. The van der Waals surface area contributed by atoms with Crippen molar-refractivity contribution < 1.29 is 19.1 Å². The number of benzene rings is 1. The molecule has 0 bridgehead atoms. The number of hydrogen-bond acceptors (Lipinski definition) is 4. The Morgan fingerprint density at radius 3 is 2.04 bits per heavy atom. The van der Waals surface area contributed by atoms with Crippen molar-refractivity contribution in [1.82, 2.24) is 0 Å². The van der Waals surface area contributed by atoms with Gasteiger partial charge in [-0.25, -0.2) is 0 Å². The summed E-state index contributed by atoms with van der Waals surface area (Å²) in [6.45, 7) is 8.52. The van der Waals surface area contributed by atoms with Crippen LogP contribution in [0, 0.1) is 5.92 Å². The lowest BCUT2D eigenvalue weighted by molar-refractivity contribution is -0.159. The van der Waals surface area contributed by atoms with Crippen LogP contribution in [-0.2, 0) is 19.1 Å².